The summed E-state index contributed by atoms with van der Waals surface area (Å²) in [5.74, 6) is 0.0661. The van der Waals surface area contributed by atoms with Crippen LogP contribution in [0.3, 0.4) is 0 Å². The van der Waals surface area contributed by atoms with E-state index in [0.29, 0.717) is 5.75 Å². The van der Waals surface area contributed by atoms with Gasteiger partial charge in [0.05, 0.1) is 11.3 Å². The summed E-state index contributed by atoms with van der Waals surface area (Å²) in [7, 11) is 0. The van der Waals surface area contributed by atoms with Crippen LogP contribution in [-0.4, -0.2) is 21.8 Å². The molecular weight excluding hydrogens is 234 g/mol. The van der Waals surface area contributed by atoms with Crippen molar-refractivity contribution in [1.29, 1.82) is 0 Å². The molecule has 2 aromatic rings. The highest BCUT2D eigenvalue weighted by Crippen LogP contribution is 2.22. The van der Waals surface area contributed by atoms with Gasteiger partial charge in [-0.15, -0.1) is 11.8 Å². The molecule has 88 valence electrons. The maximum atomic E-state index is 10.5. The van der Waals surface area contributed by atoms with Crippen molar-refractivity contribution in [3.8, 4) is 0 Å². The summed E-state index contributed by atoms with van der Waals surface area (Å²) < 4.78 is 0. The van der Waals surface area contributed by atoms with Crippen molar-refractivity contribution < 1.29 is 9.90 Å². The third kappa shape index (κ3) is 2.97. The Hall–Kier alpha value is -1.55. The van der Waals surface area contributed by atoms with Gasteiger partial charge in [0.2, 0.25) is 0 Å². The van der Waals surface area contributed by atoms with Crippen molar-refractivity contribution in [3.05, 3.63) is 41.6 Å². The topological polar surface area (TPSA) is 50.2 Å². The first kappa shape index (κ1) is 11.9. The quantitative estimate of drug-likeness (QED) is 0.902. The fourth-order valence-corrected chi connectivity index (χ4v) is 2.50. The summed E-state index contributed by atoms with van der Waals surface area (Å²) in [6.45, 7) is 1.96. The van der Waals surface area contributed by atoms with E-state index in [2.05, 4.69) is 4.98 Å². The molecule has 0 amide bonds. The molecule has 1 aromatic heterocycles. The summed E-state index contributed by atoms with van der Waals surface area (Å²) in [6.07, 6.45) is 0. The molecule has 0 fully saturated rings. The van der Waals surface area contributed by atoms with E-state index in [0.717, 1.165) is 22.2 Å². The van der Waals surface area contributed by atoms with E-state index >= 15 is 0 Å². The van der Waals surface area contributed by atoms with Crippen LogP contribution in [-0.2, 0) is 10.5 Å². The maximum Gasteiger partial charge on any atom is 0.313 e. The molecule has 1 aromatic carbocycles. The minimum Gasteiger partial charge on any atom is -0.481 e. The van der Waals surface area contributed by atoms with Crippen molar-refractivity contribution in [2.75, 3.05) is 5.75 Å². The highest BCUT2D eigenvalue weighted by atomic mass is 32.2. The van der Waals surface area contributed by atoms with Crippen LogP contribution in [0.2, 0.25) is 0 Å². The number of aryl methyl sites for hydroxylation is 1. The van der Waals surface area contributed by atoms with E-state index in [-0.39, 0.29) is 5.75 Å². The second-order valence-electron chi connectivity index (χ2n) is 3.83. The molecule has 0 aliphatic carbocycles. The zero-order valence-electron chi connectivity index (χ0n) is 9.51. The summed E-state index contributed by atoms with van der Waals surface area (Å²) >= 11 is 1.41. The molecule has 2 rings (SSSR count). The van der Waals surface area contributed by atoms with Gasteiger partial charge in [-0.3, -0.25) is 9.78 Å². The number of hydrogen-bond acceptors (Lipinski definition) is 3. The Labute approximate surface area is 104 Å². The summed E-state index contributed by atoms with van der Waals surface area (Å²) in [6, 6.07) is 9.97. The number of carboxylic acids is 1. The van der Waals surface area contributed by atoms with Gasteiger partial charge in [-0.1, -0.05) is 18.2 Å². The molecule has 4 heteroatoms. The molecule has 0 saturated heterocycles. The monoisotopic (exact) mass is 247 g/mol. The van der Waals surface area contributed by atoms with E-state index in [9.17, 15) is 4.79 Å². The number of fused-ring (bicyclic) bond motifs is 1. The molecular formula is C13H13NO2S. The second kappa shape index (κ2) is 5.19. The summed E-state index contributed by atoms with van der Waals surface area (Å²) in [5.41, 5.74) is 3.09. The van der Waals surface area contributed by atoms with Crippen LogP contribution in [0.1, 0.15) is 11.3 Å². The molecule has 0 bridgehead atoms. The normalized spacial score (nSPS) is 10.6. The smallest absolute Gasteiger partial charge is 0.313 e. The number of benzene rings is 1. The summed E-state index contributed by atoms with van der Waals surface area (Å²) in [4.78, 5) is 14.9. The SMILES string of the molecule is Cc1cc(CSCC(=O)O)c2ccccc2n1. The van der Waals surface area contributed by atoms with Crippen LogP contribution in [0.15, 0.2) is 30.3 Å². The molecule has 0 atom stereocenters. The Bertz CT molecular complexity index is 554. The van der Waals surface area contributed by atoms with Crippen molar-refractivity contribution in [2.45, 2.75) is 12.7 Å². The Morgan fingerprint density at radius 2 is 2.18 bits per heavy atom. The number of rotatable bonds is 4. The second-order valence-corrected chi connectivity index (χ2v) is 4.81. The van der Waals surface area contributed by atoms with E-state index in [4.69, 9.17) is 5.11 Å². The third-order valence-corrected chi connectivity index (χ3v) is 3.38. The van der Waals surface area contributed by atoms with Crippen LogP contribution < -0.4 is 0 Å². The van der Waals surface area contributed by atoms with E-state index < -0.39 is 5.97 Å². The molecule has 17 heavy (non-hydrogen) atoms. The van der Waals surface area contributed by atoms with Gasteiger partial charge in [0.15, 0.2) is 0 Å². The summed E-state index contributed by atoms with van der Waals surface area (Å²) in [5, 5.41) is 9.73. The Morgan fingerprint density at radius 3 is 2.94 bits per heavy atom. The Balaban J connectivity index is 2.29. The molecule has 1 N–H and O–H groups in total. The van der Waals surface area contributed by atoms with Crippen LogP contribution in [0.25, 0.3) is 10.9 Å². The Morgan fingerprint density at radius 1 is 1.41 bits per heavy atom. The van der Waals surface area contributed by atoms with Gasteiger partial charge in [-0.25, -0.2) is 0 Å². The number of carbonyl (C=O) groups is 1. The third-order valence-electron chi connectivity index (χ3n) is 2.41. The number of pyridine rings is 1. The van der Waals surface area contributed by atoms with E-state index in [1.165, 1.54) is 11.8 Å². The van der Waals surface area contributed by atoms with Crippen molar-refractivity contribution in [2.24, 2.45) is 0 Å². The average molecular weight is 247 g/mol. The fourth-order valence-electron chi connectivity index (χ4n) is 1.76. The highest BCUT2D eigenvalue weighted by molar-refractivity contribution is 7.99. The predicted molar refractivity (Wildman–Crippen MR) is 70.3 cm³/mol. The van der Waals surface area contributed by atoms with E-state index in [1.54, 1.807) is 0 Å². The lowest BCUT2D eigenvalue weighted by Gasteiger charge is -2.06. The number of nitrogens with zero attached hydrogens (tertiary/aromatic N) is 1. The molecule has 0 aliphatic rings. The molecule has 0 saturated carbocycles. The number of para-hydroxylation sites is 1. The van der Waals surface area contributed by atoms with Crippen LogP contribution in [0.4, 0.5) is 0 Å². The van der Waals surface area contributed by atoms with Crippen LogP contribution in [0.5, 0.6) is 0 Å². The lowest BCUT2D eigenvalue weighted by atomic mass is 10.1. The minimum absolute atomic E-state index is 0.135. The van der Waals surface area contributed by atoms with E-state index in [1.807, 2.05) is 37.3 Å². The molecule has 0 spiro atoms. The van der Waals surface area contributed by atoms with Crippen molar-refractivity contribution in [1.82, 2.24) is 4.98 Å². The zero-order chi connectivity index (χ0) is 12.3. The lowest BCUT2D eigenvalue weighted by molar-refractivity contribution is -0.133. The largest absolute Gasteiger partial charge is 0.481 e. The van der Waals surface area contributed by atoms with Crippen molar-refractivity contribution >= 4 is 28.6 Å². The number of carboxylic acid groups (broad SMARTS) is 1. The average Bonchev–Trinajstić information content (AvgIpc) is 2.28. The number of aliphatic carboxylic acids is 1. The number of thioether (sulfide) groups is 1. The molecule has 1 heterocycles. The first-order valence-electron chi connectivity index (χ1n) is 5.31. The highest BCUT2D eigenvalue weighted by Gasteiger charge is 2.05. The maximum absolute atomic E-state index is 10.5. The predicted octanol–water partition coefficient (Wildman–Crippen LogP) is 2.86. The van der Waals surface area contributed by atoms with Gasteiger partial charge in [0.1, 0.15) is 0 Å². The standard InChI is InChI=1S/C13H13NO2S/c1-9-6-10(7-17-8-13(15)16)11-4-2-3-5-12(11)14-9/h2-6H,7-8H2,1H3,(H,15,16). The lowest BCUT2D eigenvalue weighted by Crippen LogP contribution is -1.99. The first-order chi connectivity index (χ1) is 8.16. The van der Waals surface area contributed by atoms with Crippen LogP contribution >= 0.6 is 11.8 Å². The molecule has 0 radical (unpaired) electrons. The van der Waals surface area contributed by atoms with Gasteiger partial charge in [-0.2, -0.15) is 0 Å². The van der Waals surface area contributed by atoms with Crippen molar-refractivity contribution in [3.63, 3.8) is 0 Å². The minimum atomic E-state index is -0.773. The first-order valence-corrected chi connectivity index (χ1v) is 6.47. The number of aromatic nitrogens is 1. The van der Waals surface area contributed by atoms with Crippen LogP contribution in [0, 0.1) is 6.92 Å². The molecule has 0 unspecified atom stereocenters. The van der Waals surface area contributed by atoms with Gasteiger partial charge < -0.3 is 5.11 Å². The van der Waals surface area contributed by atoms with Gasteiger partial charge in [0, 0.05) is 16.8 Å². The number of hydrogen-bond donors (Lipinski definition) is 1. The fraction of sp³-hybridized carbons (Fsp3) is 0.231. The Kier molecular flexibility index (Phi) is 3.64. The molecule has 0 aliphatic heterocycles. The van der Waals surface area contributed by atoms with Gasteiger partial charge in [0.25, 0.3) is 0 Å². The zero-order valence-corrected chi connectivity index (χ0v) is 10.3. The van der Waals surface area contributed by atoms with Gasteiger partial charge in [-0.05, 0) is 24.6 Å². The molecule has 3 nitrogen and oxygen atoms in total. The van der Waals surface area contributed by atoms with Gasteiger partial charge >= 0.3 is 5.97 Å².